The average Bonchev–Trinajstić information content (AvgIpc) is 2.83. The van der Waals surface area contributed by atoms with Crippen LogP contribution in [-0.2, 0) is 4.74 Å². The molecule has 0 aromatic carbocycles. The first kappa shape index (κ1) is 11.3. The molecule has 2 rings (SSSR count). The average molecular weight is 242 g/mol. The molecular weight excluding hydrogens is 228 g/mol. The van der Waals surface area contributed by atoms with Gasteiger partial charge in [0.2, 0.25) is 0 Å². The van der Waals surface area contributed by atoms with E-state index in [4.69, 9.17) is 9.84 Å². The summed E-state index contributed by atoms with van der Waals surface area (Å²) in [6.45, 7) is 3.46. The molecule has 2 heterocycles. The van der Waals surface area contributed by atoms with Gasteiger partial charge in [0.15, 0.2) is 10.8 Å². The normalized spacial score (nSPS) is 20.4. The fourth-order valence-electron chi connectivity index (χ4n) is 1.81. The lowest BCUT2D eigenvalue weighted by atomic mass is 10.3. The molecule has 1 atom stereocenters. The van der Waals surface area contributed by atoms with E-state index in [2.05, 4.69) is 9.88 Å². The van der Waals surface area contributed by atoms with Crippen LogP contribution in [0.15, 0.2) is 0 Å². The van der Waals surface area contributed by atoms with Crippen LogP contribution < -0.4 is 4.90 Å². The van der Waals surface area contributed by atoms with Crippen LogP contribution >= 0.6 is 11.3 Å². The molecule has 0 amide bonds. The molecule has 1 saturated heterocycles. The number of anilines is 1. The summed E-state index contributed by atoms with van der Waals surface area (Å²) in [6.07, 6.45) is 1.20. The van der Waals surface area contributed by atoms with Gasteiger partial charge in [0.25, 0.3) is 0 Å². The third kappa shape index (κ3) is 2.03. The fourth-order valence-corrected chi connectivity index (χ4v) is 2.75. The third-order valence-corrected chi connectivity index (χ3v) is 3.77. The van der Waals surface area contributed by atoms with Crippen molar-refractivity contribution in [1.29, 1.82) is 0 Å². The lowest BCUT2D eigenvalue weighted by Crippen LogP contribution is -2.22. The van der Waals surface area contributed by atoms with Gasteiger partial charge < -0.3 is 14.7 Å². The van der Waals surface area contributed by atoms with Gasteiger partial charge in [-0.1, -0.05) is 0 Å². The molecule has 88 valence electrons. The maximum Gasteiger partial charge on any atom is 0.355 e. The molecule has 0 saturated carbocycles. The van der Waals surface area contributed by atoms with Crippen LogP contribution in [0, 0.1) is 6.92 Å². The number of thiazole rings is 1. The molecule has 1 unspecified atom stereocenters. The van der Waals surface area contributed by atoms with Gasteiger partial charge in [-0.25, -0.2) is 9.78 Å². The molecule has 6 heteroatoms. The van der Waals surface area contributed by atoms with E-state index in [1.54, 1.807) is 14.0 Å². The molecule has 0 radical (unpaired) electrons. The van der Waals surface area contributed by atoms with E-state index >= 15 is 0 Å². The summed E-state index contributed by atoms with van der Waals surface area (Å²) >= 11 is 1.43. The Balaban J connectivity index is 2.16. The van der Waals surface area contributed by atoms with Crippen LogP contribution in [0.25, 0.3) is 0 Å². The van der Waals surface area contributed by atoms with E-state index in [1.807, 2.05) is 0 Å². The van der Waals surface area contributed by atoms with Gasteiger partial charge in [-0.3, -0.25) is 0 Å². The maximum absolute atomic E-state index is 10.9. The summed E-state index contributed by atoms with van der Waals surface area (Å²) in [7, 11) is 1.70. The van der Waals surface area contributed by atoms with Crippen molar-refractivity contribution in [3.05, 3.63) is 10.6 Å². The molecular formula is C10H14N2O3S. The Labute approximate surface area is 97.7 Å². The highest BCUT2D eigenvalue weighted by atomic mass is 32.1. The number of carboxylic acid groups (broad SMARTS) is 1. The zero-order valence-corrected chi connectivity index (χ0v) is 10.1. The predicted octanol–water partition coefficient (Wildman–Crippen LogP) is 1.37. The number of methoxy groups -OCH3 is 1. The van der Waals surface area contributed by atoms with E-state index < -0.39 is 5.97 Å². The first-order valence-electron chi connectivity index (χ1n) is 5.10. The highest BCUT2D eigenvalue weighted by molar-refractivity contribution is 7.15. The maximum atomic E-state index is 10.9. The van der Waals surface area contributed by atoms with E-state index in [0.717, 1.165) is 29.5 Å². The van der Waals surface area contributed by atoms with Gasteiger partial charge in [-0.05, 0) is 13.3 Å². The summed E-state index contributed by atoms with van der Waals surface area (Å²) in [5.74, 6) is -0.956. The van der Waals surface area contributed by atoms with Crippen molar-refractivity contribution in [1.82, 2.24) is 4.98 Å². The van der Waals surface area contributed by atoms with Gasteiger partial charge in [0.05, 0.1) is 6.10 Å². The third-order valence-electron chi connectivity index (χ3n) is 2.74. The van der Waals surface area contributed by atoms with Crippen LogP contribution in [0.1, 0.15) is 21.8 Å². The Morgan fingerprint density at radius 2 is 2.44 bits per heavy atom. The number of ether oxygens (including phenoxy) is 1. The van der Waals surface area contributed by atoms with Crippen LogP contribution in [0.2, 0.25) is 0 Å². The number of hydrogen-bond donors (Lipinski definition) is 1. The molecule has 0 spiro atoms. The molecule has 1 fully saturated rings. The minimum atomic E-state index is -0.956. The molecule has 5 nitrogen and oxygen atoms in total. The molecule has 1 aromatic rings. The van der Waals surface area contributed by atoms with Crippen molar-refractivity contribution in [3.8, 4) is 0 Å². The number of carboxylic acids is 1. The summed E-state index contributed by atoms with van der Waals surface area (Å²) in [5, 5.41) is 9.71. The van der Waals surface area contributed by atoms with Crippen molar-refractivity contribution in [2.24, 2.45) is 0 Å². The van der Waals surface area contributed by atoms with Crippen molar-refractivity contribution in [2.45, 2.75) is 19.4 Å². The Bertz CT molecular complexity index is 405. The minimum absolute atomic E-state index is 0.167. The fraction of sp³-hybridized carbons (Fsp3) is 0.600. The molecule has 1 aromatic heterocycles. The quantitative estimate of drug-likeness (QED) is 0.867. The van der Waals surface area contributed by atoms with E-state index in [9.17, 15) is 4.79 Å². The number of hydrogen-bond acceptors (Lipinski definition) is 5. The van der Waals surface area contributed by atoms with Gasteiger partial charge >= 0.3 is 5.97 Å². The van der Waals surface area contributed by atoms with Gasteiger partial charge in [-0.2, -0.15) is 0 Å². The number of aryl methyl sites for hydroxylation is 1. The Morgan fingerprint density at radius 3 is 2.94 bits per heavy atom. The molecule has 1 N–H and O–H groups in total. The van der Waals surface area contributed by atoms with Crippen LogP contribution in [0.3, 0.4) is 0 Å². The second-order valence-electron chi connectivity index (χ2n) is 3.80. The molecule has 1 aliphatic rings. The highest BCUT2D eigenvalue weighted by Gasteiger charge is 2.26. The summed E-state index contributed by atoms with van der Waals surface area (Å²) in [4.78, 5) is 17.9. The summed E-state index contributed by atoms with van der Waals surface area (Å²) in [6, 6.07) is 0. The number of nitrogens with zero attached hydrogens (tertiary/aromatic N) is 2. The van der Waals surface area contributed by atoms with Gasteiger partial charge in [-0.15, -0.1) is 11.3 Å². The number of rotatable bonds is 3. The first-order chi connectivity index (χ1) is 7.61. The topological polar surface area (TPSA) is 62.7 Å². The smallest absolute Gasteiger partial charge is 0.355 e. The minimum Gasteiger partial charge on any atom is -0.476 e. The number of aromatic nitrogens is 1. The van der Waals surface area contributed by atoms with Crippen molar-refractivity contribution in [3.63, 3.8) is 0 Å². The Kier molecular flexibility index (Phi) is 3.11. The van der Waals surface area contributed by atoms with Crippen LogP contribution in [-0.4, -0.2) is 42.4 Å². The summed E-state index contributed by atoms with van der Waals surface area (Å²) in [5.41, 5.74) is 0.167. The SMILES string of the molecule is COC1CCN(c2nc(C(=O)O)c(C)s2)C1. The monoisotopic (exact) mass is 242 g/mol. The second-order valence-corrected chi connectivity index (χ2v) is 4.98. The molecule has 0 aliphatic carbocycles. The zero-order valence-electron chi connectivity index (χ0n) is 9.27. The zero-order chi connectivity index (χ0) is 11.7. The van der Waals surface area contributed by atoms with Gasteiger partial charge in [0, 0.05) is 25.1 Å². The lowest BCUT2D eigenvalue weighted by molar-refractivity contribution is 0.0690. The van der Waals surface area contributed by atoms with Crippen molar-refractivity contribution < 1.29 is 14.6 Å². The lowest BCUT2D eigenvalue weighted by Gasteiger charge is -2.13. The highest BCUT2D eigenvalue weighted by Crippen LogP contribution is 2.28. The number of carbonyl (C=O) groups is 1. The van der Waals surface area contributed by atoms with Crippen molar-refractivity contribution >= 4 is 22.4 Å². The number of aromatic carboxylic acids is 1. The van der Waals surface area contributed by atoms with Crippen LogP contribution in [0.4, 0.5) is 5.13 Å². The van der Waals surface area contributed by atoms with E-state index in [1.165, 1.54) is 11.3 Å². The summed E-state index contributed by atoms with van der Waals surface area (Å²) < 4.78 is 5.27. The second kappa shape index (κ2) is 4.39. The van der Waals surface area contributed by atoms with E-state index in [0.29, 0.717) is 0 Å². The molecule has 0 bridgehead atoms. The van der Waals surface area contributed by atoms with E-state index in [-0.39, 0.29) is 11.8 Å². The van der Waals surface area contributed by atoms with Crippen LogP contribution in [0.5, 0.6) is 0 Å². The van der Waals surface area contributed by atoms with Crippen molar-refractivity contribution in [2.75, 3.05) is 25.1 Å². The Hall–Kier alpha value is -1.14. The largest absolute Gasteiger partial charge is 0.476 e. The molecule has 1 aliphatic heterocycles. The van der Waals surface area contributed by atoms with Gasteiger partial charge in [0.1, 0.15) is 0 Å². The standard InChI is InChI=1S/C10H14N2O3S/c1-6-8(9(13)14)11-10(16-6)12-4-3-7(5-12)15-2/h7H,3-5H2,1-2H3,(H,13,14). The predicted molar refractivity (Wildman–Crippen MR) is 61.4 cm³/mol. The Morgan fingerprint density at radius 1 is 1.69 bits per heavy atom. The first-order valence-corrected chi connectivity index (χ1v) is 5.92. The molecule has 16 heavy (non-hydrogen) atoms.